The zero-order valence-electron chi connectivity index (χ0n) is 13.6. The van der Waals surface area contributed by atoms with Crippen LogP contribution in [0.3, 0.4) is 0 Å². The summed E-state index contributed by atoms with van der Waals surface area (Å²) in [6.45, 7) is 5.36. The average molecular weight is 439 g/mol. The van der Waals surface area contributed by atoms with Gasteiger partial charge in [-0.3, -0.25) is 0 Å². The molecule has 0 bridgehead atoms. The molecule has 2 rings (SSSR count). The number of likely N-dealkylation sites (tertiary alicyclic amines) is 1. The van der Waals surface area contributed by atoms with Gasteiger partial charge in [-0.15, -0.1) is 0 Å². The number of halogens is 2. The lowest BCUT2D eigenvalue weighted by molar-refractivity contribution is -0.159. The Hall–Kier alpha value is -1.35. The van der Waals surface area contributed by atoms with E-state index in [1.807, 2.05) is 18.2 Å². The van der Waals surface area contributed by atoms with Gasteiger partial charge in [-0.05, 0) is 44.1 Å². The number of hydrogen-bond acceptors (Lipinski definition) is 5. The summed E-state index contributed by atoms with van der Waals surface area (Å²) in [5, 5.41) is 15.4. The normalized spacial score (nSPS) is 13.8. The van der Waals surface area contributed by atoms with Crippen LogP contribution in [0.4, 0.5) is 0 Å². The molecule has 1 aliphatic rings. The highest BCUT2D eigenvalue weighted by molar-refractivity contribution is 9.10. The lowest BCUT2D eigenvalue weighted by Crippen LogP contribution is -2.24. The second-order valence-corrected chi connectivity index (χ2v) is 6.52. The molecule has 0 aromatic heterocycles. The summed E-state index contributed by atoms with van der Waals surface area (Å²) in [5.74, 6) is -2.95. The van der Waals surface area contributed by atoms with Gasteiger partial charge in [0.25, 0.3) is 0 Å². The Morgan fingerprint density at radius 1 is 1.12 bits per heavy atom. The molecule has 25 heavy (non-hydrogen) atoms. The summed E-state index contributed by atoms with van der Waals surface area (Å²) in [4.78, 5) is 20.6. The van der Waals surface area contributed by atoms with Gasteiger partial charge in [-0.2, -0.15) is 0 Å². The van der Waals surface area contributed by atoms with Gasteiger partial charge < -0.3 is 24.6 Å². The van der Waals surface area contributed by atoms with Gasteiger partial charge in [0.1, 0.15) is 12.4 Å². The molecule has 0 saturated carbocycles. The van der Waals surface area contributed by atoms with E-state index in [0.717, 1.165) is 17.6 Å². The van der Waals surface area contributed by atoms with Crippen LogP contribution < -0.4 is 4.74 Å². The van der Waals surface area contributed by atoms with Crippen LogP contribution in [0.15, 0.2) is 22.7 Å². The molecule has 0 unspecified atom stereocenters. The molecule has 7 nitrogen and oxygen atoms in total. The van der Waals surface area contributed by atoms with Crippen LogP contribution in [0.2, 0.25) is 5.02 Å². The average Bonchev–Trinajstić information content (AvgIpc) is 3.06. The maximum Gasteiger partial charge on any atom is 0.414 e. The molecule has 1 aromatic carbocycles. The van der Waals surface area contributed by atoms with Crippen molar-refractivity contribution in [1.82, 2.24) is 4.90 Å². The minimum absolute atomic E-state index is 0.529. The molecule has 1 aliphatic heterocycles. The number of ether oxygens (including phenoxy) is 2. The van der Waals surface area contributed by atoms with Crippen molar-refractivity contribution in [3.8, 4) is 5.75 Å². The Kier molecular flexibility index (Phi) is 10.5. The minimum Gasteiger partial charge on any atom is -0.490 e. The predicted octanol–water partition coefficient (Wildman–Crippen LogP) is 2.75. The molecule has 0 aliphatic carbocycles. The zero-order valence-corrected chi connectivity index (χ0v) is 16.0. The summed E-state index contributed by atoms with van der Waals surface area (Å²) in [5.41, 5.74) is 0. The molecule has 1 fully saturated rings. The maximum atomic E-state index is 9.10. The van der Waals surface area contributed by atoms with Crippen molar-refractivity contribution in [3.63, 3.8) is 0 Å². The van der Waals surface area contributed by atoms with Crippen LogP contribution in [0.25, 0.3) is 0 Å². The van der Waals surface area contributed by atoms with E-state index in [2.05, 4.69) is 20.8 Å². The van der Waals surface area contributed by atoms with E-state index in [9.17, 15) is 0 Å². The van der Waals surface area contributed by atoms with E-state index in [-0.39, 0.29) is 0 Å². The largest absolute Gasteiger partial charge is 0.490 e. The van der Waals surface area contributed by atoms with Gasteiger partial charge in [-0.1, -0.05) is 27.5 Å². The molecule has 140 valence electrons. The van der Waals surface area contributed by atoms with Gasteiger partial charge in [-0.25, -0.2) is 9.59 Å². The zero-order chi connectivity index (χ0) is 18.7. The topological polar surface area (TPSA) is 96.3 Å². The SMILES string of the molecule is Clc1cc(Br)ccc1OCCOCCN1CCCC1.O=C(O)C(=O)O. The molecule has 0 radical (unpaired) electrons. The van der Waals surface area contributed by atoms with Crippen molar-refractivity contribution in [2.24, 2.45) is 0 Å². The molecule has 1 heterocycles. The molecule has 2 N–H and O–H groups in total. The number of aliphatic carboxylic acids is 2. The van der Waals surface area contributed by atoms with Crippen LogP contribution in [0.5, 0.6) is 5.75 Å². The highest BCUT2D eigenvalue weighted by atomic mass is 79.9. The Balaban J connectivity index is 0.000000450. The molecule has 0 amide bonds. The fourth-order valence-electron chi connectivity index (χ4n) is 2.10. The van der Waals surface area contributed by atoms with Crippen molar-refractivity contribution in [2.45, 2.75) is 12.8 Å². The molecule has 0 atom stereocenters. The van der Waals surface area contributed by atoms with Crippen molar-refractivity contribution in [3.05, 3.63) is 27.7 Å². The standard InChI is InChI=1S/C14H19BrClNO2.C2H2O4/c15-12-3-4-14(13(16)11-12)19-10-9-18-8-7-17-5-1-2-6-17;3-1(4)2(5)6/h3-4,11H,1-2,5-10H2;(H,3,4)(H,5,6). The monoisotopic (exact) mass is 437 g/mol. The molecular formula is C16H21BrClNO6. The maximum absolute atomic E-state index is 9.10. The first-order valence-electron chi connectivity index (χ1n) is 7.74. The van der Waals surface area contributed by atoms with E-state index in [1.165, 1.54) is 25.9 Å². The van der Waals surface area contributed by atoms with Gasteiger partial charge in [0.2, 0.25) is 0 Å². The predicted molar refractivity (Wildman–Crippen MR) is 96.4 cm³/mol. The van der Waals surface area contributed by atoms with Gasteiger partial charge in [0.05, 0.1) is 18.2 Å². The molecule has 1 aromatic rings. The van der Waals surface area contributed by atoms with E-state index in [4.69, 9.17) is 40.9 Å². The Morgan fingerprint density at radius 3 is 2.32 bits per heavy atom. The third-order valence-electron chi connectivity index (χ3n) is 3.31. The van der Waals surface area contributed by atoms with Crippen LogP contribution >= 0.6 is 27.5 Å². The van der Waals surface area contributed by atoms with E-state index >= 15 is 0 Å². The van der Waals surface area contributed by atoms with E-state index < -0.39 is 11.9 Å². The lowest BCUT2D eigenvalue weighted by Gasteiger charge is -2.14. The first-order chi connectivity index (χ1) is 11.9. The third kappa shape index (κ3) is 9.64. The second kappa shape index (κ2) is 12.1. The van der Waals surface area contributed by atoms with Gasteiger partial charge in [0.15, 0.2) is 0 Å². The summed E-state index contributed by atoms with van der Waals surface area (Å²) in [6.07, 6.45) is 2.65. The Labute approximate surface area is 159 Å². The highest BCUT2D eigenvalue weighted by Gasteiger charge is 2.10. The second-order valence-electron chi connectivity index (χ2n) is 5.19. The number of rotatable bonds is 7. The summed E-state index contributed by atoms with van der Waals surface area (Å²) in [6, 6.07) is 5.59. The van der Waals surface area contributed by atoms with Crippen molar-refractivity contribution in [1.29, 1.82) is 0 Å². The smallest absolute Gasteiger partial charge is 0.414 e. The van der Waals surface area contributed by atoms with E-state index in [0.29, 0.717) is 24.0 Å². The first-order valence-corrected chi connectivity index (χ1v) is 8.91. The van der Waals surface area contributed by atoms with Crippen molar-refractivity contribution in [2.75, 3.05) is 39.5 Å². The van der Waals surface area contributed by atoms with Crippen molar-refractivity contribution >= 4 is 39.5 Å². The van der Waals surface area contributed by atoms with Crippen molar-refractivity contribution < 1.29 is 29.3 Å². The minimum atomic E-state index is -1.82. The molecule has 0 spiro atoms. The number of carboxylic acids is 2. The summed E-state index contributed by atoms with van der Waals surface area (Å²) in [7, 11) is 0. The summed E-state index contributed by atoms with van der Waals surface area (Å²) < 4.78 is 12.1. The van der Waals surface area contributed by atoms with Gasteiger partial charge in [0, 0.05) is 11.0 Å². The quantitative estimate of drug-likeness (QED) is 0.499. The number of hydrogen-bond donors (Lipinski definition) is 2. The third-order valence-corrected chi connectivity index (χ3v) is 4.10. The van der Waals surface area contributed by atoms with Crippen LogP contribution in [-0.2, 0) is 14.3 Å². The Morgan fingerprint density at radius 2 is 1.76 bits per heavy atom. The number of nitrogens with zero attached hydrogens (tertiary/aromatic N) is 1. The molecular weight excluding hydrogens is 418 g/mol. The van der Waals surface area contributed by atoms with E-state index in [1.54, 1.807) is 0 Å². The number of carboxylic acid groups (broad SMARTS) is 2. The molecule has 1 saturated heterocycles. The fourth-order valence-corrected chi connectivity index (χ4v) is 2.83. The van der Waals surface area contributed by atoms with Crippen LogP contribution in [0.1, 0.15) is 12.8 Å². The highest BCUT2D eigenvalue weighted by Crippen LogP contribution is 2.27. The lowest BCUT2D eigenvalue weighted by atomic mass is 10.3. The fraction of sp³-hybridized carbons (Fsp3) is 0.500. The first kappa shape index (κ1) is 21.7. The Bertz CT molecular complexity index is 554. The van der Waals surface area contributed by atoms with Crippen LogP contribution in [-0.4, -0.2) is 66.5 Å². The summed E-state index contributed by atoms with van der Waals surface area (Å²) >= 11 is 9.41. The van der Waals surface area contributed by atoms with Gasteiger partial charge >= 0.3 is 11.9 Å². The number of benzene rings is 1. The number of carbonyl (C=O) groups is 2. The van der Waals surface area contributed by atoms with Crippen LogP contribution in [0, 0.1) is 0 Å². The molecule has 9 heteroatoms.